The van der Waals surface area contributed by atoms with Crippen molar-refractivity contribution in [1.82, 2.24) is 10.3 Å². The number of nitrogens with one attached hydrogen (secondary N) is 2. The number of carbonyl (C=O) groups excluding carboxylic acids is 2. The van der Waals surface area contributed by atoms with E-state index in [1.54, 1.807) is 6.07 Å². The Labute approximate surface area is 152 Å². The van der Waals surface area contributed by atoms with Crippen LogP contribution in [-0.4, -0.2) is 29.5 Å². The molecule has 0 bridgehead atoms. The van der Waals surface area contributed by atoms with E-state index in [1.165, 1.54) is 19.2 Å². The Hall–Kier alpha value is -2.37. The first-order chi connectivity index (χ1) is 12.3. The summed E-state index contributed by atoms with van der Waals surface area (Å²) in [6, 6.07) is 4.48. The lowest BCUT2D eigenvalue weighted by atomic mass is 9.77. The van der Waals surface area contributed by atoms with Gasteiger partial charge in [-0.05, 0) is 62.3 Å². The van der Waals surface area contributed by atoms with Gasteiger partial charge < -0.3 is 15.0 Å². The minimum Gasteiger partial charge on any atom is -0.467 e. The van der Waals surface area contributed by atoms with Crippen LogP contribution in [0.1, 0.15) is 43.9 Å². The molecule has 1 aromatic carbocycles. The molecule has 1 aliphatic carbocycles. The molecule has 0 atom stereocenters. The third-order valence-corrected chi connectivity index (χ3v) is 5.50. The lowest BCUT2D eigenvalue weighted by Gasteiger charge is -2.37. The zero-order valence-corrected chi connectivity index (χ0v) is 15.4. The highest BCUT2D eigenvalue weighted by Gasteiger charge is 2.43. The van der Waals surface area contributed by atoms with E-state index in [4.69, 9.17) is 4.74 Å². The van der Waals surface area contributed by atoms with Crippen LogP contribution in [0.15, 0.2) is 18.2 Å². The van der Waals surface area contributed by atoms with Crippen molar-refractivity contribution in [2.24, 2.45) is 5.92 Å². The zero-order valence-electron chi connectivity index (χ0n) is 15.4. The van der Waals surface area contributed by atoms with E-state index in [0.29, 0.717) is 24.1 Å². The maximum atomic E-state index is 13.6. The van der Waals surface area contributed by atoms with Gasteiger partial charge in [-0.25, -0.2) is 9.18 Å². The van der Waals surface area contributed by atoms with Crippen LogP contribution in [0.3, 0.4) is 0 Å². The molecule has 5 nitrogen and oxygen atoms in total. The van der Waals surface area contributed by atoms with Gasteiger partial charge in [0.25, 0.3) is 0 Å². The lowest BCUT2D eigenvalue weighted by Crippen LogP contribution is -2.57. The number of benzene rings is 1. The van der Waals surface area contributed by atoms with Crippen LogP contribution >= 0.6 is 0 Å². The molecular weight excluding hydrogens is 335 g/mol. The first-order valence-corrected chi connectivity index (χ1v) is 9.01. The molecule has 1 fully saturated rings. The maximum absolute atomic E-state index is 13.6. The highest BCUT2D eigenvalue weighted by atomic mass is 19.1. The average Bonchev–Trinajstić information content (AvgIpc) is 2.91. The average molecular weight is 360 g/mol. The predicted molar refractivity (Wildman–Crippen MR) is 97.2 cm³/mol. The molecule has 1 aliphatic rings. The van der Waals surface area contributed by atoms with E-state index in [-0.39, 0.29) is 24.1 Å². The van der Waals surface area contributed by atoms with Crippen molar-refractivity contribution in [3.05, 3.63) is 35.3 Å². The summed E-state index contributed by atoms with van der Waals surface area (Å²) in [4.78, 5) is 28.3. The van der Waals surface area contributed by atoms with Crippen molar-refractivity contribution in [3.63, 3.8) is 0 Å². The number of aromatic amines is 1. The van der Waals surface area contributed by atoms with Gasteiger partial charge in [-0.3, -0.25) is 4.79 Å². The summed E-state index contributed by atoms with van der Waals surface area (Å²) in [5.41, 5.74) is 1.41. The van der Waals surface area contributed by atoms with Crippen LogP contribution < -0.4 is 5.32 Å². The minimum absolute atomic E-state index is 0.0869. The van der Waals surface area contributed by atoms with Crippen molar-refractivity contribution in [1.29, 1.82) is 0 Å². The summed E-state index contributed by atoms with van der Waals surface area (Å²) >= 11 is 0. The Morgan fingerprint density at radius 1 is 1.35 bits per heavy atom. The molecule has 6 heteroatoms. The van der Waals surface area contributed by atoms with Gasteiger partial charge >= 0.3 is 5.97 Å². The van der Waals surface area contributed by atoms with Gasteiger partial charge in [0.05, 0.1) is 13.5 Å². The summed E-state index contributed by atoms with van der Waals surface area (Å²) in [5, 5.41) is 3.62. The van der Waals surface area contributed by atoms with E-state index in [0.717, 1.165) is 29.6 Å². The Kier molecular flexibility index (Phi) is 5.03. The van der Waals surface area contributed by atoms with Gasteiger partial charge in [-0.15, -0.1) is 0 Å². The quantitative estimate of drug-likeness (QED) is 0.821. The lowest BCUT2D eigenvalue weighted by molar-refractivity contribution is -0.153. The molecule has 1 heterocycles. The van der Waals surface area contributed by atoms with E-state index >= 15 is 0 Å². The number of esters is 1. The van der Waals surface area contributed by atoms with Crippen molar-refractivity contribution >= 4 is 22.8 Å². The summed E-state index contributed by atoms with van der Waals surface area (Å²) in [7, 11) is 1.35. The molecule has 0 unspecified atom stereocenters. The Morgan fingerprint density at radius 3 is 2.69 bits per heavy atom. The number of amides is 1. The number of rotatable bonds is 4. The second kappa shape index (κ2) is 7.09. The van der Waals surface area contributed by atoms with E-state index in [1.807, 2.05) is 6.92 Å². The van der Waals surface area contributed by atoms with Crippen LogP contribution in [0.4, 0.5) is 4.39 Å². The Balaban J connectivity index is 1.82. The Morgan fingerprint density at radius 2 is 2.04 bits per heavy atom. The van der Waals surface area contributed by atoms with Crippen LogP contribution in [0.2, 0.25) is 0 Å². The van der Waals surface area contributed by atoms with E-state index in [2.05, 4.69) is 17.2 Å². The molecule has 26 heavy (non-hydrogen) atoms. The molecule has 0 aliphatic heterocycles. The predicted octanol–water partition coefficient (Wildman–Crippen LogP) is 3.40. The van der Waals surface area contributed by atoms with E-state index < -0.39 is 5.54 Å². The summed E-state index contributed by atoms with van der Waals surface area (Å²) in [6.45, 7) is 4.01. The molecule has 1 aromatic heterocycles. The van der Waals surface area contributed by atoms with Gasteiger partial charge in [0.1, 0.15) is 11.4 Å². The minimum atomic E-state index is -0.955. The molecule has 0 radical (unpaired) electrons. The number of fused-ring (bicyclic) bond motifs is 1. The van der Waals surface area contributed by atoms with Gasteiger partial charge in [-0.2, -0.15) is 0 Å². The van der Waals surface area contributed by atoms with Crippen molar-refractivity contribution < 1.29 is 18.7 Å². The van der Waals surface area contributed by atoms with Crippen LogP contribution in [0.25, 0.3) is 10.9 Å². The molecule has 2 aromatic rings. The van der Waals surface area contributed by atoms with Gasteiger partial charge in [0, 0.05) is 16.6 Å². The number of hydrogen-bond acceptors (Lipinski definition) is 3. The van der Waals surface area contributed by atoms with Crippen molar-refractivity contribution in [2.75, 3.05) is 7.11 Å². The number of H-pyrrole nitrogens is 1. The molecule has 3 rings (SSSR count). The summed E-state index contributed by atoms with van der Waals surface area (Å²) in [6.07, 6.45) is 2.98. The fourth-order valence-corrected chi connectivity index (χ4v) is 3.88. The summed E-state index contributed by atoms with van der Waals surface area (Å²) < 4.78 is 18.6. The molecule has 1 amide bonds. The normalized spacial score (nSPS) is 23.0. The van der Waals surface area contributed by atoms with Crippen molar-refractivity contribution in [2.45, 2.75) is 51.5 Å². The Bertz CT molecular complexity index is 835. The highest BCUT2D eigenvalue weighted by Crippen LogP contribution is 2.33. The van der Waals surface area contributed by atoms with Crippen LogP contribution in [0, 0.1) is 18.7 Å². The van der Waals surface area contributed by atoms with Gasteiger partial charge in [-0.1, -0.05) is 6.92 Å². The highest BCUT2D eigenvalue weighted by molar-refractivity contribution is 5.93. The number of aromatic nitrogens is 1. The number of ether oxygens (including phenoxy) is 1. The second-order valence-electron chi connectivity index (χ2n) is 7.40. The maximum Gasteiger partial charge on any atom is 0.331 e. The van der Waals surface area contributed by atoms with Crippen LogP contribution in [0.5, 0.6) is 0 Å². The number of methoxy groups -OCH3 is 1. The number of aryl methyl sites for hydroxylation is 1. The fourth-order valence-electron chi connectivity index (χ4n) is 3.88. The fraction of sp³-hybridized carbons (Fsp3) is 0.500. The second-order valence-corrected chi connectivity index (χ2v) is 7.40. The first-order valence-electron chi connectivity index (χ1n) is 9.01. The third-order valence-electron chi connectivity index (χ3n) is 5.50. The smallest absolute Gasteiger partial charge is 0.331 e. The van der Waals surface area contributed by atoms with Crippen LogP contribution in [-0.2, 0) is 20.7 Å². The van der Waals surface area contributed by atoms with E-state index in [9.17, 15) is 14.0 Å². The SMILES string of the molecule is COC(=O)C1(NC(=O)Cc2c(C)[nH]c3ccc(F)cc23)CCC(C)CC1. The molecule has 0 saturated heterocycles. The number of carbonyl (C=O) groups is 2. The first kappa shape index (κ1) is 18.4. The van der Waals surface area contributed by atoms with Gasteiger partial charge in [0.2, 0.25) is 5.91 Å². The number of hydrogen-bond donors (Lipinski definition) is 2. The number of halogens is 1. The topological polar surface area (TPSA) is 71.2 Å². The third kappa shape index (κ3) is 3.45. The standard InChI is InChI=1S/C20H25FN2O3/c1-12-6-8-20(9-7-12,19(25)26-3)23-18(24)11-15-13(2)22-17-5-4-14(21)10-16(15)17/h4-5,10,12,22H,6-9,11H2,1-3H3,(H,23,24). The van der Waals surface area contributed by atoms with Gasteiger partial charge in [0.15, 0.2) is 0 Å². The summed E-state index contributed by atoms with van der Waals surface area (Å²) in [5.74, 6) is -0.452. The monoisotopic (exact) mass is 360 g/mol. The molecule has 0 spiro atoms. The zero-order chi connectivity index (χ0) is 18.9. The molecule has 140 valence electrons. The molecule has 2 N–H and O–H groups in total. The molecular formula is C20H25FN2O3. The van der Waals surface area contributed by atoms with Crippen molar-refractivity contribution in [3.8, 4) is 0 Å². The molecule has 1 saturated carbocycles. The largest absolute Gasteiger partial charge is 0.467 e.